The first kappa shape index (κ1) is 28.0. The number of anilines is 1. The molecule has 0 saturated carbocycles. The normalized spacial score (nSPS) is 17.1. The van der Waals surface area contributed by atoms with Crippen molar-refractivity contribution < 1.29 is 4.79 Å². The van der Waals surface area contributed by atoms with Gasteiger partial charge < -0.3 is 9.80 Å². The number of amides is 1. The summed E-state index contributed by atoms with van der Waals surface area (Å²) < 4.78 is -0.250. The summed E-state index contributed by atoms with van der Waals surface area (Å²) >= 11 is 17.8. The van der Waals surface area contributed by atoms with Crippen LogP contribution >= 0.6 is 91.0 Å². The van der Waals surface area contributed by atoms with Crippen LogP contribution in [0.2, 0.25) is 0 Å². The van der Waals surface area contributed by atoms with E-state index >= 15 is 0 Å². The van der Waals surface area contributed by atoms with Gasteiger partial charge in [-0.2, -0.15) is 0 Å². The average molecular weight is 817 g/mol. The van der Waals surface area contributed by atoms with Gasteiger partial charge in [-0.1, -0.05) is 46.3 Å². The van der Waals surface area contributed by atoms with E-state index in [9.17, 15) is 4.79 Å². The predicted molar refractivity (Wildman–Crippen MR) is 165 cm³/mol. The number of hydrogen-bond donors (Lipinski definition) is 0. The van der Waals surface area contributed by atoms with Gasteiger partial charge in [-0.15, -0.1) is 11.3 Å². The van der Waals surface area contributed by atoms with Gasteiger partial charge in [-0.05, 0) is 94.5 Å². The molecule has 0 radical (unpaired) electrons. The third-order valence-corrected chi connectivity index (χ3v) is 7.97. The molecule has 11 heteroatoms. The van der Waals surface area contributed by atoms with Crippen LogP contribution in [0.5, 0.6) is 0 Å². The Balaban J connectivity index is 0.000000527. The van der Waals surface area contributed by atoms with Gasteiger partial charge >= 0.3 is 0 Å². The molecular weight excluding hydrogens is 792 g/mol. The third kappa shape index (κ3) is 7.72. The zero-order valence-electron chi connectivity index (χ0n) is 18.9. The largest absolute Gasteiger partial charge is 0.356 e. The first-order chi connectivity index (χ1) is 16.7. The fourth-order valence-corrected chi connectivity index (χ4v) is 6.05. The molecule has 0 aliphatic carbocycles. The highest BCUT2D eigenvalue weighted by Gasteiger charge is 2.26. The van der Waals surface area contributed by atoms with Crippen LogP contribution in [0, 0.1) is 5.92 Å². The Morgan fingerprint density at radius 2 is 1.71 bits per heavy atom. The number of halogens is 5. The second kappa shape index (κ2) is 12.7. The van der Waals surface area contributed by atoms with Crippen LogP contribution in [0.25, 0.3) is 21.3 Å². The summed E-state index contributed by atoms with van der Waals surface area (Å²) in [5, 5.41) is 4.42. The number of alkyl halides is 5. The van der Waals surface area contributed by atoms with Gasteiger partial charge in [0.2, 0.25) is 5.91 Å². The fraction of sp³-hybridized carbons (Fsp3) is 0.458. The maximum absolute atomic E-state index is 12.1. The quantitative estimate of drug-likeness (QED) is 0.244. The Hall–Kier alpha value is -0.0700. The molecule has 0 N–H and O–H groups in total. The molecule has 5 nitrogen and oxygen atoms in total. The maximum atomic E-state index is 12.1. The van der Waals surface area contributed by atoms with E-state index in [1.54, 1.807) is 11.3 Å². The first-order valence-corrected chi connectivity index (χ1v) is 16.6. The lowest BCUT2D eigenvalue weighted by atomic mass is 9.98. The van der Waals surface area contributed by atoms with Crippen LogP contribution in [-0.4, -0.2) is 46.8 Å². The van der Waals surface area contributed by atoms with Gasteiger partial charge in [-0.25, -0.2) is 9.97 Å². The molecule has 2 aromatic heterocycles. The second-order valence-electron chi connectivity index (χ2n) is 8.59. The highest BCUT2D eigenvalue weighted by atomic mass is 80.0. The fourth-order valence-electron chi connectivity index (χ4n) is 4.44. The lowest BCUT2D eigenvalue weighted by Crippen LogP contribution is -2.35. The van der Waals surface area contributed by atoms with E-state index in [-0.39, 0.29) is 6.96 Å². The van der Waals surface area contributed by atoms with E-state index in [0.717, 1.165) is 59.2 Å². The zero-order chi connectivity index (χ0) is 25.0. The summed E-state index contributed by atoms with van der Waals surface area (Å²) in [6.45, 7) is 3.34. The van der Waals surface area contributed by atoms with Crippen molar-refractivity contribution in [3.05, 3.63) is 41.5 Å². The molecule has 4 heterocycles. The Bertz CT molecular complexity index is 1140. The molecule has 5 rings (SSSR count). The number of likely N-dealkylation sites (tertiary alicyclic amines) is 1. The molecule has 0 spiro atoms. The van der Waals surface area contributed by atoms with Crippen molar-refractivity contribution >= 4 is 113 Å². The first-order valence-electron chi connectivity index (χ1n) is 11.4. The molecule has 2 aliphatic heterocycles. The van der Waals surface area contributed by atoms with Gasteiger partial charge in [0.25, 0.3) is 0 Å². The van der Waals surface area contributed by atoms with Gasteiger partial charge in [0, 0.05) is 42.3 Å². The molecule has 2 aliphatic rings. The summed E-state index contributed by atoms with van der Waals surface area (Å²) in [7, 11) is 0. The van der Waals surface area contributed by atoms with E-state index in [0.29, 0.717) is 13.0 Å². The average Bonchev–Trinajstić information content (AvgIpc) is 3.44. The van der Waals surface area contributed by atoms with Crippen LogP contribution in [0.4, 0.5) is 5.82 Å². The Morgan fingerprint density at radius 3 is 2.31 bits per heavy atom. The van der Waals surface area contributed by atoms with E-state index in [1.807, 2.05) is 11.0 Å². The van der Waals surface area contributed by atoms with Crippen molar-refractivity contribution in [1.29, 1.82) is 0 Å². The van der Waals surface area contributed by atoms with E-state index in [2.05, 4.69) is 114 Å². The number of benzene rings is 1. The number of aromatic nitrogens is 2. The van der Waals surface area contributed by atoms with Gasteiger partial charge in [-0.3, -0.25) is 4.79 Å². The van der Waals surface area contributed by atoms with E-state index in [4.69, 9.17) is 9.97 Å². The molecule has 3 aromatic rings. The summed E-state index contributed by atoms with van der Waals surface area (Å²) in [5.74, 6) is 2.75. The monoisotopic (exact) mass is 812 g/mol. The Morgan fingerprint density at radius 1 is 1.03 bits per heavy atom. The number of carbonyl (C=O) groups is 1. The smallest absolute Gasteiger partial charge is 0.223 e. The second-order valence-corrected chi connectivity index (χ2v) is 21.2. The van der Waals surface area contributed by atoms with Crippen LogP contribution in [-0.2, 0) is 11.3 Å². The van der Waals surface area contributed by atoms with E-state index in [1.165, 1.54) is 24.0 Å². The number of thiophene rings is 1. The summed E-state index contributed by atoms with van der Waals surface area (Å²) in [6, 6.07) is 10.5. The molecule has 0 atom stereocenters. The molecule has 188 valence electrons. The Labute approximate surface area is 252 Å². The van der Waals surface area contributed by atoms with Crippen molar-refractivity contribution in [2.75, 3.05) is 29.9 Å². The van der Waals surface area contributed by atoms with Crippen LogP contribution in [0.3, 0.4) is 0 Å². The van der Waals surface area contributed by atoms with Crippen molar-refractivity contribution in [3.63, 3.8) is 0 Å². The Kier molecular flexibility index (Phi) is 10.1. The number of fused-ring (bicyclic) bond motifs is 1. The van der Waals surface area contributed by atoms with Gasteiger partial charge in [0.1, 0.15) is 10.6 Å². The van der Waals surface area contributed by atoms with Crippen molar-refractivity contribution in [1.82, 2.24) is 14.9 Å². The van der Waals surface area contributed by atoms with Crippen molar-refractivity contribution in [2.45, 2.75) is 33.3 Å². The molecule has 2 saturated heterocycles. The van der Waals surface area contributed by atoms with E-state index < -0.39 is 0 Å². The summed E-state index contributed by atoms with van der Waals surface area (Å²) in [4.78, 5) is 27.4. The molecule has 0 unspecified atom stereocenters. The lowest BCUT2D eigenvalue weighted by Gasteiger charge is -2.33. The number of hydrogen-bond acceptors (Lipinski definition) is 5. The standard InChI is InChI=1S/C23H25BrN4OS.CBr4/c24-13-16-8-11-27(12-9-16)22-21-18(17-5-2-1-3-6-17)15-30-23(21)26-19(25-22)14-28-10-4-7-20(28)29;2-1(3,4)5/h1-3,5-6,15-16H,4,7-14H2;. The zero-order valence-corrected chi connectivity index (χ0v) is 27.6. The predicted octanol–water partition coefficient (Wildman–Crippen LogP) is 8.27. The number of piperidine rings is 1. The number of carbonyl (C=O) groups excluding carboxylic acids is 1. The highest BCUT2D eigenvalue weighted by molar-refractivity contribution is 9.52. The molecule has 2 fully saturated rings. The molecule has 1 aromatic carbocycles. The minimum atomic E-state index is -0.250. The highest BCUT2D eigenvalue weighted by Crippen LogP contribution is 2.40. The SMILES string of the molecule is BrC(Br)(Br)Br.O=C1CCCN1Cc1nc(N2CCC(CBr)CC2)c2c(-c3ccccc3)csc2n1. The number of nitrogens with zero attached hydrogens (tertiary/aromatic N) is 4. The third-order valence-electron chi connectivity index (χ3n) is 6.18. The lowest BCUT2D eigenvalue weighted by molar-refractivity contribution is -0.128. The van der Waals surface area contributed by atoms with Crippen LogP contribution < -0.4 is 4.90 Å². The van der Waals surface area contributed by atoms with Crippen molar-refractivity contribution in [3.8, 4) is 11.1 Å². The molecular formula is C24H25Br5N4OS. The topological polar surface area (TPSA) is 49.3 Å². The van der Waals surface area contributed by atoms with Crippen LogP contribution in [0.1, 0.15) is 31.5 Å². The summed E-state index contributed by atoms with van der Waals surface area (Å²) in [5.41, 5.74) is 2.41. The molecule has 35 heavy (non-hydrogen) atoms. The molecule has 1 amide bonds. The minimum absolute atomic E-state index is 0.217. The van der Waals surface area contributed by atoms with Gasteiger partial charge in [0.05, 0.1) is 11.9 Å². The molecule has 0 bridgehead atoms. The summed E-state index contributed by atoms with van der Waals surface area (Å²) in [6.07, 6.45) is 3.92. The minimum Gasteiger partial charge on any atom is -0.356 e. The number of rotatable bonds is 5. The van der Waals surface area contributed by atoms with Crippen molar-refractivity contribution in [2.24, 2.45) is 5.92 Å². The van der Waals surface area contributed by atoms with Gasteiger partial charge in [0.15, 0.2) is 6.88 Å². The van der Waals surface area contributed by atoms with Crippen LogP contribution in [0.15, 0.2) is 35.7 Å². The maximum Gasteiger partial charge on any atom is 0.223 e.